The fourth-order valence-corrected chi connectivity index (χ4v) is 1.57. The van der Waals surface area contributed by atoms with Crippen LogP contribution >= 0.6 is 0 Å². The van der Waals surface area contributed by atoms with E-state index in [0.717, 1.165) is 6.42 Å². The van der Waals surface area contributed by atoms with E-state index in [-0.39, 0.29) is 6.42 Å². The molecule has 1 saturated carbocycles. The number of halogens is 2. The Morgan fingerprint density at radius 3 is 2.67 bits per heavy atom. The minimum Gasteiger partial charge on any atom is -0.380 e. The first kappa shape index (κ1) is 9.49. The zero-order valence-corrected chi connectivity index (χ0v) is 7.37. The van der Waals surface area contributed by atoms with E-state index in [2.05, 4.69) is 11.9 Å². The van der Waals surface area contributed by atoms with E-state index in [1.807, 2.05) is 0 Å². The van der Waals surface area contributed by atoms with Crippen molar-refractivity contribution in [1.29, 1.82) is 0 Å². The van der Waals surface area contributed by atoms with Crippen molar-refractivity contribution in [1.82, 2.24) is 5.32 Å². The first-order chi connectivity index (χ1) is 5.52. The molecule has 1 aliphatic rings. The summed E-state index contributed by atoms with van der Waals surface area (Å²) in [5.41, 5.74) is 0.626. The number of alkyl halides is 2. The summed E-state index contributed by atoms with van der Waals surface area (Å²) >= 11 is 0. The smallest absolute Gasteiger partial charge is 0.267 e. The fraction of sp³-hybridized carbons (Fsp3) is 0.778. The van der Waals surface area contributed by atoms with Crippen molar-refractivity contribution in [3.8, 4) is 0 Å². The van der Waals surface area contributed by atoms with Crippen LogP contribution < -0.4 is 5.32 Å². The summed E-state index contributed by atoms with van der Waals surface area (Å²) in [4.78, 5) is 0. The number of rotatable bonds is 2. The summed E-state index contributed by atoms with van der Waals surface area (Å²) in [6.45, 7) is 5.28. The van der Waals surface area contributed by atoms with Gasteiger partial charge in [0.25, 0.3) is 5.92 Å². The Balaban J connectivity index is 2.54. The highest BCUT2D eigenvalue weighted by atomic mass is 19.3. The molecule has 1 N–H and O–H groups in total. The molecule has 0 aliphatic heterocycles. The molecule has 1 nitrogen and oxygen atoms in total. The maximum atomic E-state index is 13.1. The van der Waals surface area contributed by atoms with E-state index >= 15 is 0 Å². The number of hydrogen-bond donors (Lipinski definition) is 1. The molecule has 1 rings (SSSR count). The van der Waals surface area contributed by atoms with Gasteiger partial charge in [0.05, 0.1) is 6.04 Å². The molecule has 1 aliphatic carbocycles. The molecule has 1 atom stereocenters. The monoisotopic (exact) mass is 175 g/mol. The van der Waals surface area contributed by atoms with Crippen LogP contribution in [0.5, 0.6) is 0 Å². The van der Waals surface area contributed by atoms with Gasteiger partial charge in [-0.2, -0.15) is 0 Å². The first-order valence-corrected chi connectivity index (χ1v) is 4.32. The molecule has 0 aromatic carbocycles. The normalized spacial score (nSPS) is 28.1. The van der Waals surface area contributed by atoms with E-state index in [1.54, 1.807) is 6.92 Å². The predicted molar refractivity (Wildman–Crippen MR) is 45.2 cm³/mol. The lowest BCUT2D eigenvalue weighted by Crippen LogP contribution is -2.46. The Morgan fingerprint density at radius 1 is 1.50 bits per heavy atom. The molecule has 12 heavy (non-hydrogen) atoms. The molecule has 70 valence electrons. The molecule has 1 fully saturated rings. The summed E-state index contributed by atoms with van der Waals surface area (Å²) in [6.07, 6.45) is 2.10. The van der Waals surface area contributed by atoms with Gasteiger partial charge in [-0.15, -0.1) is 0 Å². The zero-order chi connectivity index (χ0) is 9.19. The lowest BCUT2D eigenvalue weighted by atomic mass is 9.91. The minimum absolute atomic E-state index is 0.0119. The summed E-state index contributed by atoms with van der Waals surface area (Å²) in [7, 11) is 0. The van der Waals surface area contributed by atoms with Crippen LogP contribution in [0, 0.1) is 0 Å². The predicted octanol–water partition coefficient (Wildman–Crippen LogP) is 2.69. The van der Waals surface area contributed by atoms with Gasteiger partial charge in [-0.25, -0.2) is 8.78 Å². The molecule has 0 saturated heterocycles. The first-order valence-electron chi connectivity index (χ1n) is 4.32. The van der Waals surface area contributed by atoms with Crippen molar-refractivity contribution in [2.75, 3.05) is 0 Å². The second kappa shape index (κ2) is 3.42. The minimum atomic E-state index is -2.54. The fourth-order valence-electron chi connectivity index (χ4n) is 1.57. The molecule has 0 bridgehead atoms. The van der Waals surface area contributed by atoms with Gasteiger partial charge in [-0.05, 0) is 19.8 Å². The van der Waals surface area contributed by atoms with Gasteiger partial charge >= 0.3 is 0 Å². The Bertz CT molecular complexity index is 177. The van der Waals surface area contributed by atoms with Gasteiger partial charge < -0.3 is 5.32 Å². The van der Waals surface area contributed by atoms with Crippen LogP contribution in [-0.4, -0.2) is 12.0 Å². The van der Waals surface area contributed by atoms with E-state index in [4.69, 9.17) is 0 Å². The maximum absolute atomic E-state index is 13.1. The molecular formula is C9H15F2N. The van der Waals surface area contributed by atoms with Crippen LogP contribution in [-0.2, 0) is 0 Å². The second-order valence-electron chi connectivity index (χ2n) is 3.48. The van der Waals surface area contributed by atoms with Gasteiger partial charge in [0, 0.05) is 12.1 Å². The highest BCUT2D eigenvalue weighted by Crippen LogP contribution is 2.33. The van der Waals surface area contributed by atoms with Gasteiger partial charge in [-0.1, -0.05) is 13.0 Å². The summed E-state index contributed by atoms with van der Waals surface area (Å²) in [6, 6.07) is -0.691. The Kier molecular flexibility index (Phi) is 2.70. The number of allylic oxidation sites excluding steroid dienone is 1. The van der Waals surface area contributed by atoms with Crippen LogP contribution in [0.2, 0.25) is 0 Å². The quantitative estimate of drug-likeness (QED) is 0.680. The van der Waals surface area contributed by atoms with Gasteiger partial charge in [-0.3, -0.25) is 0 Å². The second-order valence-corrected chi connectivity index (χ2v) is 3.48. The summed E-state index contributed by atoms with van der Waals surface area (Å²) < 4.78 is 26.3. The van der Waals surface area contributed by atoms with E-state index in [1.165, 1.54) is 0 Å². The van der Waals surface area contributed by atoms with Crippen LogP contribution in [0.4, 0.5) is 8.78 Å². The summed E-state index contributed by atoms with van der Waals surface area (Å²) in [5, 5.41) is 2.73. The van der Waals surface area contributed by atoms with Crippen molar-refractivity contribution in [3.63, 3.8) is 0 Å². The lowest BCUT2D eigenvalue weighted by molar-refractivity contribution is -0.0605. The number of nitrogens with one attached hydrogen (secondary N) is 1. The Hall–Kier alpha value is -0.600. The maximum Gasteiger partial charge on any atom is 0.267 e. The van der Waals surface area contributed by atoms with Gasteiger partial charge in [0.2, 0.25) is 0 Å². The van der Waals surface area contributed by atoms with E-state index in [9.17, 15) is 8.78 Å². The molecule has 0 aromatic heterocycles. The molecule has 0 amide bonds. The SMILES string of the molecule is C=C(C)N[C@@H]1CCCCC1(F)F. The van der Waals surface area contributed by atoms with Crippen molar-refractivity contribution in [2.24, 2.45) is 0 Å². The number of hydrogen-bond acceptors (Lipinski definition) is 1. The summed E-state index contributed by atoms with van der Waals surface area (Å²) in [5.74, 6) is -2.54. The average Bonchev–Trinajstić information content (AvgIpc) is 1.92. The van der Waals surface area contributed by atoms with E-state index in [0.29, 0.717) is 18.5 Å². The molecule has 0 heterocycles. The van der Waals surface area contributed by atoms with Crippen LogP contribution in [0.1, 0.15) is 32.6 Å². The highest BCUT2D eigenvalue weighted by Gasteiger charge is 2.41. The van der Waals surface area contributed by atoms with Crippen LogP contribution in [0.25, 0.3) is 0 Å². The van der Waals surface area contributed by atoms with Crippen molar-refractivity contribution < 1.29 is 8.78 Å². The molecular weight excluding hydrogens is 160 g/mol. The van der Waals surface area contributed by atoms with Gasteiger partial charge in [0.1, 0.15) is 0 Å². The molecule has 0 spiro atoms. The highest BCUT2D eigenvalue weighted by molar-refractivity contribution is 4.96. The van der Waals surface area contributed by atoms with Gasteiger partial charge in [0.15, 0.2) is 0 Å². The van der Waals surface area contributed by atoms with Crippen LogP contribution in [0.3, 0.4) is 0 Å². The largest absolute Gasteiger partial charge is 0.380 e. The third-order valence-electron chi connectivity index (χ3n) is 2.18. The Morgan fingerprint density at radius 2 is 2.17 bits per heavy atom. The molecule has 0 unspecified atom stereocenters. The van der Waals surface area contributed by atoms with Crippen LogP contribution in [0.15, 0.2) is 12.3 Å². The van der Waals surface area contributed by atoms with Crippen molar-refractivity contribution >= 4 is 0 Å². The molecule has 0 aromatic rings. The average molecular weight is 175 g/mol. The third kappa shape index (κ3) is 2.19. The van der Waals surface area contributed by atoms with Crippen molar-refractivity contribution in [3.05, 3.63) is 12.3 Å². The van der Waals surface area contributed by atoms with E-state index < -0.39 is 12.0 Å². The molecule has 3 heteroatoms. The topological polar surface area (TPSA) is 12.0 Å². The molecule has 0 radical (unpaired) electrons. The standard InChI is InChI=1S/C9H15F2N/c1-7(2)12-8-5-3-4-6-9(8,10)11/h8,12H,1,3-6H2,2H3/t8-/m1/s1. The third-order valence-corrected chi connectivity index (χ3v) is 2.18. The lowest BCUT2D eigenvalue weighted by Gasteiger charge is -2.32. The Labute approximate surface area is 71.8 Å². The van der Waals surface area contributed by atoms with Crippen molar-refractivity contribution in [2.45, 2.75) is 44.6 Å². The zero-order valence-electron chi connectivity index (χ0n) is 7.37.